The molecule has 0 N–H and O–H groups in total. The van der Waals surface area contributed by atoms with E-state index in [-0.39, 0.29) is 5.28 Å². The van der Waals surface area contributed by atoms with Crippen LogP contribution in [0.2, 0.25) is 5.28 Å². The van der Waals surface area contributed by atoms with E-state index in [0.29, 0.717) is 0 Å². The smallest absolute Gasteiger partial charge is 0.216 e. The van der Waals surface area contributed by atoms with Crippen LogP contribution in [0.4, 0.5) is 0 Å². The van der Waals surface area contributed by atoms with Gasteiger partial charge in [0.1, 0.15) is 0 Å². The lowest BCUT2D eigenvalue weighted by atomic mass is 10.0. The van der Waals surface area contributed by atoms with Crippen molar-refractivity contribution in [1.82, 2.24) is 9.97 Å². The van der Waals surface area contributed by atoms with Crippen molar-refractivity contribution in [2.75, 3.05) is 0 Å². The Balaban J connectivity index is 1.74. The molecule has 0 aliphatic carbocycles. The van der Waals surface area contributed by atoms with E-state index in [2.05, 4.69) is 88.8 Å². The Hall–Kier alpha value is -3.01. The van der Waals surface area contributed by atoms with Gasteiger partial charge in [0.15, 0.2) is 0 Å². The largest absolute Gasteiger partial charge is 0.223 e. The third-order valence-electron chi connectivity index (χ3n) is 5.20. The molecule has 0 saturated carbocycles. The molecule has 2 nitrogen and oxygen atoms in total. The highest BCUT2D eigenvalue weighted by atomic mass is 35.5. The highest BCUT2D eigenvalue weighted by molar-refractivity contribution is 7.26. The van der Waals surface area contributed by atoms with E-state index in [0.717, 1.165) is 26.9 Å². The summed E-state index contributed by atoms with van der Waals surface area (Å²) in [5.74, 6) is 0. The van der Waals surface area contributed by atoms with Crippen molar-refractivity contribution < 1.29 is 0 Å². The standard InChI is InChI=1S/C24H13ClN2S/c25-24-26-21(17-10-9-14-5-1-2-7-16(14)13-17)23-22(27-24)20-18-8-4-3-6-15(18)11-12-19(20)28-23/h1-13H. The molecule has 0 atom stereocenters. The summed E-state index contributed by atoms with van der Waals surface area (Å²) < 4.78 is 2.28. The third-order valence-corrected chi connectivity index (χ3v) is 6.52. The summed E-state index contributed by atoms with van der Waals surface area (Å²) in [5.41, 5.74) is 2.88. The monoisotopic (exact) mass is 396 g/mol. The highest BCUT2D eigenvalue weighted by Gasteiger charge is 2.16. The van der Waals surface area contributed by atoms with Gasteiger partial charge in [-0.3, -0.25) is 0 Å². The van der Waals surface area contributed by atoms with Gasteiger partial charge in [0, 0.05) is 15.6 Å². The van der Waals surface area contributed by atoms with Crippen LogP contribution in [-0.2, 0) is 0 Å². The first kappa shape index (κ1) is 16.0. The summed E-state index contributed by atoms with van der Waals surface area (Å²) in [7, 11) is 0. The topological polar surface area (TPSA) is 25.8 Å². The van der Waals surface area contributed by atoms with E-state index in [9.17, 15) is 0 Å². The van der Waals surface area contributed by atoms with Crippen molar-refractivity contribution in [1.29, 1.82) is 0 Å². The zero-order valence-electron chi connectivity index (χ0n) is 14.7. The third kappa shape index (κ3) is 2.34. The first-order valence-electron chi connectivity index (χ1n) is 9.05. The molecular weight excluding hydrogens is 384 g/mol. The van der Waals surface area contributed by atoms with Gasteiger partial charge in [0.05, 0.1) is 15.9 Å². The minimum atomic E-state index is 0.281. The molecule has 4 aromatic carbocycles. The zero-order valence-corrected chi connectivity index (χ0v) is 16.3. The normalized spacial score (nSPS) is 11.8. The van der Waals surface area contributed by atoms with E-state index >= 15 is 0 Å². The van der Waals surface area contributed by atoms with Gasteiger partial charge < -0.3 is 0 Å². The Morgan fingerprint density at radius 1 is 0.714 bits per heavy atom. The van der Waals surface area contributed by atoms with Gasteiger partial charge in [-0.2, -0.15) is 0 Å². The molecule has 2 aromatic heterocycles. The second kappa shape index (κ2) is 5.99. The lowest BCUT2D eigenvalue weighted by Crippen LogP contribution is -1.89. The summed E-state index contributed by atoms with van der Waals surface area (Å²) in [4.78, 5) is 9.25. The average Bonchev–Trinajstić information content (AvgIpc) is 3.11. The van der Waals surface area contributed by atoms with E-state index in [1.807, 2.05) is 0 Å². The van der Waals surface area contributed by atoms with Crippen molar-refractivity contribution in [3.05, 3.63) is 84.1 Å². The van der Waals surface area contributed by atoms with Crippen LogP contribution >= 0.6 is 22.9 Å². The number of nitrogens with zero attached hydrogens (tertiary/aromatic N) is 2. The maximum atomic E-state index is 6.38. The van der Waals surface area contributed by atoms with Crippen molar-refractivity contribution in [2.24, 2.45) is 0 Å². The lowest BCUT2D eigenvalue weighted by Gasteiger charge is -2.05. The average molecular weight is 397 g/mol. The molecular formula is C24H13ClN2S. The molecule has 28 heavy (non-hydrogen) atoms. The molecule has 4 heteroatoms. The molecule has 0 unspecified atom stereocenters. The fourth-order valence-electron chi connectivity index (χ4n) is 3.91. The summed E-state index contributed by atoms with van der Waals surface area (Å²) >= 11 is 8.11. The van der Waals surface area contributed by atoms with Gasteiger partial charge in [-0.25, -0.2) is 9.97 Å². The Bertz CT molecular complexity index is 1530. The van der Waals surface area contributed by atoms with E-state index in [4.69, 9.17) is 11.6 Å². The van der Waals surface area contributed by atoms with E-state index in [1.165, 1.54) is 26.2 Å². The molecule has 0 aliphatic rings. The van der Waals surface area contributed by atoms with Gasteiger partial charge in [-0.05, 0) is 45.3 Å². The zero-order chi connectivity index (χ0) is 18.7. The minimum Gasteiger partial charge on any atom is -0.216 e. The summed E-state index contributed by atoms with van der Waals surface area (Å²) in [6.07, 6.45) is 0. The Morgan fingerprint density at radius 3 is 2.36 bits per heavy atom. The minimum absolute atomic E-state index is 0.281. The maximum Gasteiger partial charge on any atom is 0.223 e. The molecule has 132 valence electrons. The number of fused-ring (bicyclic) bond motifs is 6. The van der Waals surface area contributed by atoms with Crippen LogP contribution in [0.5, 0.6) is 0 Å². The molecule has 0 bridgehead atoms. The van der Waals surface area contributed by atoms with Gasteiger partial charge in [-0.15, -0.1) is 11.3 Å². The van der Waals surface area contributed by atoms with E-state index < -0.39 is 0 Å². The SMILES string of the molecule is Clc1nc(-c2ccc3ccccc3c2)c2sc3ccc4ccccc4c3c2n1. The first-order chi connectivity index (χ1) is 13.8. The molecule has 0 radical (unpaired) electrons. The number of thiophene rings is 1. The number of halogens is 1. The van der Waals surface area contributed by atoms with Crippen LogP contribution in [0, 0.1) is 0 Å². The number of hydrogen-bond donors (Lipinski definition) is 0. The summed E-state index contributed by atoms with van der Waals surface area (Å²) in [6.45, 7) is 0. The first-order valence-corrected chi connectivity index (χ1v) is 10.2. The lowest BCUT2D eigenvalue weighted by molar-refractivity contribution is 1.24. The molecule has 6 rings (SSSR count). The number of aromatic nitrogens is 2. The van der Waals surface area contributed by atoms with Crippen molar-refractivity contribution in [3.8, 4) is 11.3 Å². The van der Waals surface area contributed by atoms with Crippen LogP contribution < -0.4 is 0 Å². The van der Waals surface area contributed by atoms with Crippen LogP contribution in [0.25, 0.3) is 53.1 Å². The molecule has 0 fully saturated rings. The molecule has 0 saturated heterocycles. The van der Waals surface area contributed by atoms with Gasteiger partial charge >= 0.3 is 0 Å². The fourth-order valence-corrected chi connectivity index (χ4v) is 5.25. The van der Waals surface area contributed by atoms with E-state index in [1.54, 1.807) is 11.3 Å². The molecule has 6 aromatic rings. The second-order valence-electron chi connectivity index (χ2n) is 6.84. The van der Waals surface area contributed by atoms with Gasteiger partial charge in [-0.1, -0.05) is 66.7 Å². The number of rotatable bonds is 1. The van der Waals surface area contributed by atoms with Crippen LogP contribution in [-0.4, -0.2) is 9.97 Å². The fraction of sp³-hybridized carbons (Fsp3) is 0. The number of hydrogen-bond acceptors (Lipinski definition) is 3. The molecule has 2 heterocycles. The van der Waals surface area contributed by atoms with Crippen molar-refractivity contribution in [2.45, 2.75) is 0 Å². The molecule has 0 aliphatic heterocycles. The predicted molar refractivity (Wildman–Crippen MR) is 120 cm³/mol. The maximum absolute atomic E-state index is 6.38. The Kier molecular flexibility index (Phi) is 3.42. The highest BCUT2D eigenvalue weighted by Crippen LogP contribution is 2.42. The second-order valence-corrected chi connectivity index (χ2v) is 8.23. The predicted octanol–water partition coefficient (Wildman–Crippen LogP) is 7.47. The van der Waals surface area contributed by atoms with Gasteiger partial charge in [0.2, 0.25) is 5.28 Å². The van der Waals surface area contributed by atoms with Crippen LogP contribution in [0.15, 0.2) is 78.9 Å². The number of benzene rings is 4. The van der Waals surface area contributed by atoms with Crippen LogP contribution in [0.1, 0.15) is 0 Å². The quantitative estimate of drug-likeness (QED) is 0.269. The summed E-state index contributed by atoms with van der Waals surface area (Å²) in [5, 5.41) is 6.24. The van der Waals surface area contributed by atoms with Gasteiger partial charge in [0.25, 0.3) is 0 Å². The Morgan fingerprint density at radius 2 is 1.46 bits per heavy atom. The molecule has 0 spiro atoms. The summed E-state index contributed by atoms with van der Waals surface area (Å²) in [6, 6.07) is 27.5. The van der Waals surface area contributed by atoms with Crippen LogP contribution in [0.3, 0.4) is 0 Å². The molecule has 0 amide bonds. The van der Waals surface area contributed by atoms with Crippen molar-refractivity contribution in [3.63, 3.8) is 0 Å². The van der Waals surface area contributed by atoms with Crippen molar-refractivity contribution >= 4 is 64.8 Å². The Labute approximate surface area is 170 Å².